The van der Waals surface area contributed by atoms with Crippen LogP contribution in [0.25, 0.3) is 0 Å². The van der Waals surface area contributed by atoms with E-state index < -0.39 is 0 Å². The zero-order chi connectivity index (χ0) is 9.47. The first-order valence-corrected chi connectivity index (χ1v) is 5.53. The zero-order valence-electron chi connectivity index (χ0n) is 8.79. The van der Waals surface area contributed by atoms with E-state index in [1.807, 2.05) is 0 Å². The third-order valence-electron chi connectivity index (χ3n) is 3.65. The summed E-state index contributed by atoms with van der Waals surface area (Å²) in [4.78, 5) is 2.45. The number of aliphatic hydroxyl groups excluding tert-OH is 1. The van der Waals surface area contributed by atoms with Crippen LogP contribution in [0.15, 0.2) is 0 Å². The Bertz CT molecular complexity index is 187. The second kappa shape index (κ2) is 3.25. The van der Waals surface area contributed by atoms with E-state index in [1.165, 1.54) is 32.2 Å². The lowest BCUT2D eigenvalue weighted by Gasteiger charge is -2.33. The van der Waals surface area contributed by atoms with Crippen LogP contribution in [0.5, 0.6) is 0 Å². The molecule has 1 atom stereocenters. The van der Waals surface area contributed by atoms with Gasteiger partial charge in [-0.15, -0.1) is 0 Å². The van der Waals surface area contributed by atoms with Gasteiger partial charge in [0.05, 0.1) is 6.10 Å². The summed E-state index contributed by atoms with van der Waals surface area (Å²) in [5.41, 5.74) is 0.329. The van der Waals surface area contributed by atoms with Crippen LogP contribution in [-0.4, -0.2) is 34.7 Å². The Labute approximate surface area is 80.9 Å². The van der Waals surface area contributed by atoms with Gasteiger partial charge in [0.2, 0.25) is 0 Å². The van der Waals surface area contributed by atoms with Crippen molar-refractivity contribution < 1.29 is 5.11 Å². The van der Waals surface area contributed by atoms with Gasteiger partial charge in [-0.1, -0.05) is 0 Å². The van der Waals surface area contributed by atoms with Crippen molar-refractivity contribution in [3.8, 4) is 0 Å². The molecule has 2 fully saturated rings. The molecule has 13 heavy (non-hydrogen) atoms. The van der Waals surface area contributed by atoms with Crippen molar-refractivity contribution in [2.24, 2.45) is 5.92 Å². The Kier molecular flexibility index (Phi) is 2.37. The van der Waals surface area contributed by atoms with Crippen LogP contribution in [0.3, 0.4) is 0 Å². The molecule has 0 aromatic carbocycles. The first-order chi connectivity index (χ1) is 6.09. The molecule has 1 aliphatic heterocycles. The van der Waals surface area contributed by atoms with E-state index >= 15 is 0 Å². The Hall–Kier alpha value is -0.0800. The predicted molar refractivity (Wildman–Crippen MR) is 53.6 cm³/mol. The van der Waals surface area contributed by atoms with E-state index in [0.717, 1.165) is 6.54 Å². The smallest absolute Gasteiger partial charge is 0.0695 e. The number of aliphatic hydroxyl groups is 1. The van der Waals surface area contributed by atoms with Gasteiger partial charge in [0.15, 0.2) is 0 Å². The second-order valence-corrected chi connectivity index (χ2v) is 5.27. The Balaban J connectivity index is 1.86. The van der Waals surface area contributed by atoms with E-state index in [-0.39, 0.29) is 6.10 Å². The number of rotatable bonds is 3. The molecule has 1 saturated carbocycles. The largest absolute Gasteiger partial charge is 0.392 e. The predicted octanol–water partition coefficient (Wildman–Crippen LogP) is 1.63. The summed E-state index contributed by atoms with van der Waals surface area (Å²) in [6.07, 6.45) is 5.01. The molecule has 2 aliphatic rings. The van der Waals surface area contributed by atoms with Gasteiger partial charge in [-0.3, -0.25) is 4.90 Å². The molecule has 0 bridgehead atoms. The first kappa shape index (κ1) is 9.47. The number of hydrogen-bond donors (Lipinski definition) is 1. The molecule has 76 valence electrons. The summed E-state index contributed by atoms with van der Waals surface area (Å²) in [5.74, 6) is 0.622. The highest BCUT2D eigenvalue weighted by atomic mass is 16.3. The molecule has 0 amide bonds. The molecule has 0 radical (unpaired) electrons. The van der Waals surface area contributed by atoms with Crippen molar-refractivity contribution in [1.82, 2.24) is 4.90 Å². The summed E-state index contributed by atoms with van der Waals surface area (Å²) in [5, 5.41) is 9.84. The molecule has 1 unspecified atom stereocenters. The standard InChI is InChI=1S/C11H21NO/c1-11(2)6-3-7-12(11)8-10(13)9-4-5-9/h9-10,13H,3-8H2,1-2H3. The van der Waals surface area contributed by atoms with Crippen LogP contribution >= 0.6 is 0 Å². The van der Waals surface area contributed by atoms with Gasteiger partial charge in [-0.05, 0) is 52.0 Å². The van der Waals surface area contributed by atoms with Crippen LogP contribution in [-0.2, 0) is 0 Å². The van der Waals surface area contributed by atoms with Gasteiger partial charge >= 0.3 is 0 Å². The highest BCUT2D eigenvalue weighted by molar-refractivity contribution is 4.91. The Morgan fingerprint density at radius 3 is 2.62 bits per heavy atom. The van der Waals surface area contributed by atoms with Gasteiger partial charge in [0, 0.05) is 12.1 Å². The molecule has 1 saturated heterocycles. The van der Waals surface area contributed by atoms with Gasteiger partial charge < -0.3 is 5.11 Å². The topological polar surface area (TPSA) is 23.5 Å². The van der Waals surface area contributed by atoms with Crippen LogP contribution in [0.2, 0.25) is 0 Å². The fraction of sp³-hybridized carbons (Fsp3) is 1.00. The summed E-state index contributed by atoms with van der Waals surface area (Å²) in [6, 6.07) is 0. The molecule has 1 aliphatic carbocycles. The molecular weight excluding hydrogens is 162 g/mol. The van der Waals surface area contributed by atoms with Crippen molar-refractivity contribution in [3.63, 3.8) is 0 Å². The lowest BCUT2D eigenvalue weighted by atomic mass is 10.0. The molecule has 0 spiro atoms. The van der Waals surface area contributed by atoms with E-state index in [4.69, 9.17) is 0 Å². The summed E-state index contributed by atoms with van der Waals surface area (Å²) >= 11 is 0. The highest BCUT2D eigenvalue weighted by Crippen LogP contribution is 2.35. The average molecular weight is 183 g/mol. The van der Waals surface area contributed by atoms with Crippen LogP contribution < -0.4 is 0 Å². The van der Waals surface area contributed by atoms with Crippen molar-refractivity contribution in [2.45, 2.75) is 51.2 Å². The molecule has 2 nitrogen and oxygen atoms in total. The minimum Gasteiger partial charge on any atom is -0.392 e. The molecule has 2 heteroatoms. The SMILES string of the molecule is CC1(C)CCCN1CC(O)C1CC1. The lowest BCUT2D eigenvalue weighted by molar-refractivity contribution is 0.0651. The van der Waals surface area contributed by atoms with E-state index in [1.54, 1.807) is 0 Å². The number of β-amino-alcohol motifs (C(OH)–C–C–N with tert-alkyl or cyclic N) is 1. The molecule has 0 aromatic heterocycles. The number of nitrogens with zero attached hydrogens (tertiary/aromatic N) is 1. The van der Waals surface area contributed by atoms with Crippen molar-refractivity contribution >= 4 is 0 Å². The molecule has 0 aromatic rings. The molecular formula is C11H21NO. The molecule has 1 N–H and O–H groups in total. The first-order valence-electron chi connectivity index (χ1n) is 5.53. The van der Waals surface area contributed by atoms with Gasteiger partial charge in [0.25, 0.3) is 0 Å². The fourth-order valence-electron chi connectivity index (χ4n) is 2.36. The zero-order valence-corrected chi connectivity index (χ0v) is 8.79. The summed E-state index contributed by atoms with van der Waals surface area (Å²) in [7, 11) is 0. The number of hydrogen-bond acceptors (Lipinski definition) is 2. The Morgan fingerprint density at radius 2 is 2.15 bits per heavy atom. The molecule has 1 heterocycles. The molecule has 2 rings (SSSR count). The van der Waals surface area contributed by atoms with Crippen molar-refractivity contribution in [3.05, 3.63) is 0 Å². The maximum atomic E-state index is 9.84. The summed E-state index contributed by atoms with van der Waals surface area (Å²) < 4.78 is 0. The highest BCUT2D eigenvalue weighted by Gasteiger charge is 2.37. The quantitative estimate of drug-likeness (QED) is 0.719. The third-order valence-corrected chi connectivity index (χ3v) is 3.65. The third kappa shape index (κ3) is 2.05. The average Bonchev–Trinajstić information content (AvgIpc) is 2.80. The minimum atomic E-state index is -0.0580. The maximum Gasteiger partial charge on any atom is 0.0695 e. The monoisotopic (exact) mass is 183 g/mol. The summed E-state index contributed by atoms with van der Waals surface area (Å²) in [6.45, 7) is 6.66. The minimum absolute atomic E-state index is 0.0580. The van der Waals surface area contributed by atoms with E-state index in [2.05, 4.69) is 18.7 Å². The Morgan fingerprint density at radius 1 is 1.46 bits per heavy atom. The van der Waals surface area contributed by atoms with Crippen molar-refractivity contribution in [1.29, 1.82) is 0 Å². The van der Waals surface area contributed by atoms with Gasteiger partial charge in [-0.2, -0.15) is 0 Å². The number of likely N-dealkylation sites (tertiary alicyclic amines) is 1. The fourth-order valence-corrected chi connectivity index (χ4v) is 2.36. The van der Waals surface area contributed by atoms with Crippen molar-refractivity contribution in [2.75, 3.05) is 13.1 Å². The normalized spacial score (nSPS) is 30.7. The lowest BCUT2D eigenvalue weighted by Crippen LogP contribution is -2.43. The van der Waals surface area contributed by atoms with E-state index in [0.29, 0.717) is 11.5 Å². The van der Waals surface area contributed by atoms with Crippen LogP contribution in [0.4, 0.5) is 0 Å². The van der Waals surface area contributed by atoms with Crippen LogP contribution in [0, 0.1) is 5.92 Å². The maximum absolute atomic E-state index is 9.84. The second-order valence-electron chi connectivity index (χ2n) is 5.27. The van der Waals surface area contributed by atoms with Gasteiger partial charge in [-0.25, -0.2) is 0 Å². The van der Waals surface area contributed by atoms with Gasteiger partial charge in [0.1, 0.15) is 0 Å². The van der Waals surface area contributed by atoms with E-state index in [9.17, 15) is 5.11 Å². The van der Waals surface area contributed by atoms with Crippen LogP contribution in [0.1, 0.15) is 39.5 Å².